The summed E-state index contributed by atoms with van der Waals surface area (Å²) in [4.78, 5) is 22.4. The Morgan fingerprint density at radius 3 is 2.38 bits per heavy atom. The molecule has 0 amide bonds. The molecule has 0 spiro atoms. The van der Waals surface area contributed by atoms with Crippen LogP contribution >= 0.6 is 0 Å². The summed E-state index contributed by atoms with van der Waals surface area (Å²) in [5.74, 6) is -1.41. The summed E-state index contributed by atoms with van der Waals surface area (Å²) in [6.07, 6.45) is 2.25. The van der Waals surface area contributed by atoms with Gasteiger partial charge in [-0.05, 0) is 18.2 Å². The van der Waals surface area contributed by atoms with Crippen LogP contribution in [0.15, 0.2) is 30.4 Å². The van der Waals surface area contributed by atoms with E-state index >= 15 is 0 Å². The molecule has 64 valence electrons. The van der Waals surface area contributed by atoms with Crippen LogP contribution in [0.3, 0.4) is 0 Å². The molecule has 0 aliphatic heterocycles. The van der Waals surface area contributed by atoms with Crippen LogP contribution in [0.4, 0.5) is 4.39 Å². The van der Waals surface area contributed by atoms with Gasteiger partial charge in [0.05, 0.1) is 5.56 Å². The van der Waals surface area contributed by atoms with Crippen LogP contribution < -0.4 is 0 Å². The largest absolute Gasteiger partial charge is 0.289 e. The minimum absolute atomic E-state index is 0.116. The lowest BCUT2D eigenvalue weighted by Gasteiger charge is -2.08. The maximum atomic E-state index is 13.1. The highest BCUT2D eigenvalue weighted by Gasteiger charge is 2.21. The van der Waals surface area contributed by atoms with E-state index in [0.29, 0.717) is 0 Å². The van der Waals surface area contributed by atoms with E-state index in [0.717, 1.165) is 12.2 Å². The van der Waals surface area contributed by atoms with Crippen molar-refractivity contribution in [2.24, 2.45) is 0 Å². The minimum atomic E-state index is -0.639. The van der Waals surface area contributed by atoms with Gasteiger partial charge in [0.1, 0.15) is 5.82 Å². The van der Waals surface area contributed by atoms with Gasteiger partial charge in [-0.25, -0.2) is 4.39 Å². The van der Waals surface area contributed by atoms with Crippen molar-refractivity contribution in [3.05, 3.63) is 47.3 Å². The molecule has 1 aliphatic carbocycles. The summed E-state index contributed by atoms with van der Waals surface area (Å²) in [6, 6.07) is 4.03. The molecule has 0 heterocycles. The first kappa shape index (κ1) is 7.86. The molecule has 0 radical (unpaired) electrons. The van der Waals surface area contributed by atoms with E-state index < -0.39 is 11.6 Å². The second-order valence-electron chi connectivity index (χ2n) is 2.72. The second kappa shape index (κ2) is 2.62. The lowest BCUT2D eigenvalue weighted by Crippen LogP contribution is -2.13. The van der Waals surface area contributed by atoms with Crippen LogP contribution in [-0.2, 0) is 0 Å². The average Bonchev–Trinajstić information content (AvgIpc) is 2.12. The van der Waals surface area contributed by atoms with Crippen molar-refractivity contribution in [3.63, 3.8) is 0 Å². The second-order valence-corrected chi connectivity index (χ2v) is 2.72. The number of allylic oxidation sites excluding steroid dienone is 2. The Balaban J connectivity index is 2.76. The van der Waals surface area contributed by atoms with Gasteiger partial charge in [0.25, 0.3) is 0 Å². The molecular formula is C10H5FO2. The Labute approximate surface area is 73.7 Å². The number of ketones is 2. The third-order valence-electron chi connectivity index (χ3n) is 1.91. The fraction of sp³-hybridized carbons (Fsp3) is 0. The average molecular weight is 176 g/mol. The first-order valence-electron chi connectivity index (χ1n) is 3.75. The molecule has 0 saturated carbocycles. The van der Waals surface area contributed by atoms with Crippen molar-refractivity contribution in [2.45, 2.75) is 0 Å². The lowest BCUT2D eigenvalue weighted by molar-refractivity contribution is 0.0991. The van der Waals surface area contributed by atoms with E-state index in [1.807, 2.05) is 0 Å². The van der Waals surface area contributed by atoms with Gasteiger partial charge in [0.2, 0.25) is 0 Å². The van der Waals surface area contributed by atoms with Gasteiger partial charge in [0, 0.05) is 5.56 Å². The molecule has 0 atom stereocenters. The van der Waals surface area contributed by atoms with Crippen molar-refractivity contribution in [2.75, 3.05) is 0 Å². The van der Waals surface area contributed by atoms with Crippen LogP contribution in [0.2, 0.25) is 0 Å². The van der Waals surface area contributed by atoms with Crippen molar-refractivity contribution < 1.29 is 14.0 Å². The zero-order valence-corrected chi connectivity index (χ0v) is 6.58. The number of rotatable bonds is 0. The van der Waals surface area contributed by atoms with E-state index in [-0.39, 0.29) is 16.9 Å². The van der Waals surface area contributed by atoms with Gasteiger partial charge < -0.3 is 0 Å². The Morgan fingerprint density at radius 1 is 1.00 bits per heavy atom. The molecule has 0 N–H and O–H groups in total. The fourth-order valence-corrected chi connectivity index (χ4v) is 1.30. The third kappa shape index (κ3) is 1.09. The van der Waals surface area contributed by atoms with Crippen LogP contribution in [0.25, 0.3) is 0 Å². The van der Waals surface area contributed by atoms with Crippen molar-refractivity contribution in [3.8, 4) is 0 Å². The van der Waals surface area contributed by atoms with Crippen molar-refractivity contribution >= 4 is 11.6 Å². The van der Waals surface area contributed by atoms with E-state index in [1.54, 1.807) is 0 Å². The fourth-order valence-electron chi connectivity index (χ4n) is 1.30. The molecule has 0 unspecified atom stereocenters. The van der Waals surface area contributed by atoms with Crippen molar-refractivity contribution in [1.82, 2.24) is 0 Å². The zero-order valence-electron chi connectivity index (χ0n) is 6.58. The maximum Gasteiger partial charge on any atom is 0.189 e. The number of fused-ring (bicyclic) bond motifs is 1. The first-order chi connectivity index (χ1) is 6.20. The van der Waals surface area contributed by atoms with E-state index in [4.69, 9.17) is 0 Å². The number of benzene rings is 1. The van der Waals surface area contributed by atoms with E-state index in [1.165, 1.54) is 18.2 Å². The minimum Gasteiger partial charge on any atom is -0.289 e. The molecule has 0 saturated heterocycles. The molecule has 2 nitrogen and oxygen atoms in total. The number of carbonyl (C=O) groups excluding carboxylic acids is 2. The highest BCUT2D eigenvalue weighted by Crippen LogP contribution is 2.19. The number of halogens is 1. The molecule has 1 aromatic rings. The molecule has 13 heavy (non-hydrogen) atoms. The van der Waals surface area contributed by atoms with Gasteiger partial charge >= 0.3 is 0 Å². The normalized spacial score (nSPS) is 14.5. The molecule has 0 bridgehead atoms. The van der Waals surface area contributed by atoms with Gasteiger partial charge in [0.15, 0.2) is 11.6 Å². The van der Waals surface area contributed by atoms with Gasteiger partial charge in [-0.3, -0.25) is 9.59 Å². The monoisotopic (exact) mass is 176 g/mol. The molecular weight excluding hydrogens is 171 g/mol. The van der Waals surface area contributed by atoms with Crippen molar-refractivity contribution in [1.29, 1.82) is 0 Å². The zero-order chi connectivity index (χ0) is 9.42. The lowest BCUT2D eigenvalue weighted by atomic mass is 9.94. The highest BCUT2D eigenvalue weighted by atomic mass is 19.1. The molecule has 2 rings (SSSR count). The first-order valence-corrected chi connectivity index (χ1v) is 3.75. The summed E-state index contributed by atoms with van der Waals surface area (Å²) >= 11 is 0. The Morgan fingerprint density at radius 2 is 1.69 bits per heavy atom. The topological polar surface area (TPSA) is 34.1 Å². The number of hydrogen-bond acceptors (Lipinski definition) is 2. The summed E-state index contributed by atoms with van der Waals surface area (Å²) in [7, 11) is 0. The Hall–Kier alpha value is -1.77. The quantitative estimate of drug-likeness (QED) is 0.603. The summed E-state index contributed by atoms with van der Waals surface area (Å²) in [5, 5.41) is 0. The SMILES string of the molecule is O=C1C=CC(=O)c2c(F)cccc21. The Bertz CT molecular complexity index is 433. The predicted octanol–water partition coefficient (Wildman–Crippen LogP) is 1.76. The van der Waals surface area contributed by atoms with Crippen LogP contribution in [0, 0.1) is 5.82 Å². The molecule has 3 heteroatoms. The number of carbonyl (C=O) groups is 2. The standard InChI is InChI=1S/C10H5FO2/c11-7-3-1-2-6-8(12)4-5-9(13)10(6)7/h1-5H. The smallest absolute Gasteiger partial charge is 0.189 e. The summed E-state index contributed by atoms with van der Waals surface area (Å²) in [5.41, 5.74) is 0.0301. The molecule has 0 aromatic heterocycles. The summed E-state index contributed by atoms with van der Waals surface area (Å²) in [6.45, 7) is 0. The number of hydrogen-bond donors (Lipinski definition) is 0. The van der Waals surface area contributed by atoms with Gasteiger partial charge in [-0.1, -0.05) is 12.1 Å². The molecule has 1 aliphatic rings. The van der Waals surface area contributed by atoms with Gasteiger partial charge in [-0.2, -0.15) is 0 Å². The molecule has 0 fully saturated rings. The van der Waals surface area contributed by atoms with Gasteiger partial charge in [-0.15, -0.1) is 0 Å². The van der Waals surface area contributed by atoms with Crippen LogP contribution in [0.1, 0.15) is 20.7 Å². The highest BCUT2D eigenvalue weighted by molar-refractivity contribution is 6.22. The summed E-state index contributed by atoms with van der Waals surface area (Å²) < 4.78 is 13.1. The predicted molar refractivity (Wildman–Crippen MR) is 44.2 cm³/mol. The maximum absolute atomic E-state index is 13.1. The van der Waals surface area contributed by atoms with E-state index in [2.05, 4.69) is 0 Å². The third-order valence-corrected chi connectivity index (χ3v) is 1.91. The molecule has 1 aromatic carbocycles. The Kier molecular flexibility index (Phi) is 1.59. The van der Waals surface area contributed by atoms with Crippen LogP contribution in [-0.4, -0.2) is 11.6 Å². The van der Waals surface area contributed by atoms with Crippen LogP contribution in [0.5, 0.6) is 0 Å². The van der Waals surface area contributed by atoms with E-state index in [9.17, 15) is 14.0 Å².